The molecule has 0 saturated carbocycles. The van der Waals surface area contributed by atoms with E-state index >= 15 is 0 Å². The fourth-order valence-corrected chi connectivity index (χ4v) is 3.44. The van der Waals surface area contributed by atoms with Crippen LogP contribution in [-0.4, -0.2) is 24.1 Å². The molecule has 29 heavy (non-hydrogen) atoms. The first-order valence-corrected chi connectivity index (χ1v) is 9.51. The molecule has 0 fully saturated rings. The van der Waals surface area contributed by atoms with Crippen LogP contribution in [0.3, 0.4) is 0 Å². The first-order valence-electron chi connectivity index (χ1n) is 9.51. The molecule has 0 atom stereocenters. The van der Waals surface area contributed by atoms with E-state index in [0.717, 1.165) is 51.5 Å². The molecule has 5 heteroatoms. The Hall–Kier alpha value is -3.60. The summed E-state index contributed by atoms with van der Waals surface area (Å²) in [5.74, 6) is 1.72. The van der Waals surface area contributed by atoms with E-state index < -0.39 is 0 Å². The monoisotopic (exact) mass is 384 g/mol. The number of pyridine rings is 2. The van der Waals surface area contributed by atoms with Crippen molar-refractivity contribution < 1.29 is 4.74 Å². The van der Waals surface area contributed by atoms with Crippen LogP contribution in [-0.2, 0) is 6.54 Å². The summed E-state index contributed by atoms with van der Waals surface area (Å²) in [5, 5.41) is 1.02. The third-order valence-electron chi connectivity index (χ3n) is 5.07. The molecular formula is C24H24N4O. The van der Waals surface area contributed by atoms with Gasteiger partial charge in [0.25, 0.3) is 0 Å². The number of methoxy groups -OCH3 is 1. The predicted octanol–water partition coefficient (Wildman–Crippen LogP) is 4.83. The molecule has 0 aliphatic carbocycles. The van der Waals surface area contributed by atoms with Crippen LogP contribution in [0.5, 0.6) is 5.75 Å². The van der Waals surface area contributed by atoms with E-state index in [4.69, 9.17) is 15.5 Å². The summed E-state index contributed by atoms with van der Waals surface area (Å²) in [6.45, 7) is 2.80. The molecule has 0 aliphatic rings. The second-order valence-corrected chi connectivity index (χ2v) is 7.18. The molecule has 0 bridgehead atoms. The zero-order valence-electron chi connectivity index (χ0n) is 16.9. The van der Waals surface area contributed by atoms with Crippen LogP contribution in [0.2, 0.25) is 0 Å². The molecule has 146 valence electrons. The fraction of sp³-hybridized carbons (Fsp3) is 0.167. The van der Waals surface area contributed by atoms with E-state index in [9.17, 15) is 0 Å². The Morgan fingerprint density at radius 3 is 2.59 bits per heavy atom. The van der Waals surface area contributed by atoms with Gasteiger partial charge in [0.05, 0.1) is 18.3 Å². The topological polar surface area (TPSA) is 64.3 Å². The first-order chi connectivity index (χ1) is 14.0. The van der Waals surface area contributed by atoms with Gasteiger partial charge in [-0.3, -0.25) is 4.98 Å². The van der Waals surface area contributed by atoms with Crippen molar-refractivity contribution >= 4 is 22.4 Å². The Balaban J connectivity index is 1.77. The molecule has 5 nitrogen and oxygen atoms in total. The summed E-state index contributed by atoms with van der Waals surface area (Å²) in [6, 6.07) is 20.0. The summed E-state index contributed by atoms with van der Waals surface area (Å²) in [6.07, 6.45) is 1.81. The normalized spacial score (nSPS) is 10.9. The first kappa shape index (κ1) is 18.7. The predicted molar refractivity (Wildman–Crippen MR) is 119 cm³/mol. The van der Waals surface area contributed by atoms with E-state index in [1.807, 2.05) is 55.7 Å². The highest BCUT2D eigenvalue weighted by Gasteiger charge is 2.14. The second-order valence-electron chi connectivity index (χ2n) is 7.18. The molecule has 2 aromatic carbocycles. The van der Waals surface area contributed by atoms with Gasteiger partial charge in [-0.2, -0.15) is 0 Å². The lowest BCUT2D eigenvalue weighted by Gasteiger charge is -2.21. The standard InChI is InChI=1S/C24H24N4O/c1-16-6-9-18(25)13-21(16)24-20-5-4-12-26-22(20)14-23(27-24)28(2)15-17-7-10-19(29-3)11-8-17/h4-14H,15,25H2,1-3H3. The summed E-state index contributed by atoms with van der Waals surface area (Å²) in [7, 11) is 3.71. The molecule has 2 aromatic heterocycles. The third kappa shape index (κ3) is 3.85. The van der Waals surface area contributed by atoms with E-state index in [-0.39, 0.29) is 0 Å². The van der Waals surface area contributed by atoms with Crippen LogP contribution in [0.4, 0.5) is 11.5 Å². The minimum Gasteiger partial charge on any atom is -0.497 e. The van der Waals surface area contributed by atoms with E-state index in [1.54, 1.807) is 7.11 Å². The highest BCUT2D eigenvalue weighted by atomic mass is 16.5. The van der Waals surface area contributed by atoms with Crippen LogP contribution >= 0.6 is 0 Å². The second kappa shape index (κ2) is 7.80. The minimum atomic E-state index is 0.724. The molecule has 4 rings (SSSR count). The molecule has 2 heterocycles. The summed E-state index contributed by atoms with van der Waals surface area (Å²) in [5.41, 5.74) is 11.9. The van der Waals surface area contributed by atoms with Crippen molar-refractivity contribution in [2.24, 2.45) is 0 Å². The summed E-state index contributed by atoms with van der Waals surface area (Å²) < 4.78 is 5.25. The molecule has 4 aromatic rings. The van der Waals surface area contributed by atoms with Gasteiger partial charge < -0.3 is 15.4 Å². The smallest absolute Gasteiger partial charge is 0.131 e. The number of ether oxygens (including phenoxy) is 1. The number of hydrogen-bond acceptors (Lipinski definition) is 5. The number of nitrogen functional groups attached to an aromatic ring is 1. The van der Waals surface area contributed by atoms with Crippen molar-refractivity contribution in [1.82, 2.24) is 9.97 Å². The van der Waals surface area contributed by atoms with Crippen molar-refractivity contribution in [3.05, 3.63) is 78.0 Å². The van der Waals surface area contributed by atoms with Gasteiger partial charge in [-0.1, -0.05) is 18.2 Å². The van der Waals surface area contributed by atoms with Gasteiger partial charge in [-0.15, -0.1) is 0 Å². The van der Waals surface area contributed by atoms with Crippen molar-refractivity contribution in [3.8, 4) is 17.0 Å². The number of anilines is 2. The molecule has 0 saturated heterocycles. The molecule has 0 amide bonds. The Morgan fingerprint density at radius 1 is 1.03 bits per heavy atom. The van der Waals surface area contributed by atoms with Crippen LogP contribution in [0.25, 0.3) is 22.2 Å². The highest BCUT2D eigenvalue weighted by Crippen LogP contribution is 2.32. The van der Waals surface area contributed by atoms with Gasteiger partial charge in [-0.05, 0) is 54.4 Å². The Kier molecular flexibility index (Phi) is 5.04. The number of aromatic nitrogens is 2. The Bertz CT molecular complexity index is 1160. The number of hydrogen-bond donors (Lipinski definition) is 1. The van der Waals surface area contributed by atoms with Gasteiger partial charge in [0.1, 0.15) is 11.6 Å². The van der Waals surface area contributed by atoms with Crippen molar-refractivity contribution in [2.75, 3.05) is 24.8 Å². The van der Waals surface area contributed by atoms with Gasteiger partial charge in [0.2, 0.25) is 0 Å². The lowest BCUT2D eigenvalue weighted by Crippen LogP contribution is -2.18. The number of nitrogens with two attached hydrogens (primary N) is 1. The number of benzene rings is 2. The average molecular weight is 384 g/mol. The van der Waals surface area contributed by atoms with Crippen molar-refractivity contribution in [3.63, 3.8) is 0 Å². The number of rotatable bonds is 5. The Morgan fingerprint density at radius 2 is 1.83 bits per heavy atom. The van der Waals surface area contributed by atoms with Crippen LogP contribution < -0.4 is 15.4 Å². The van der Waals surface area contributed by atoms with Gasteiger partial charge in [-0.25, -0.2) is 4.98 Å². The van der Waals surface area contributed by atoms with E-state index in [2.05, 4.69) is 35.0 Å². The lowest BCUT2D eigenvalue weighted by molar-refractivity contribution is 0.414. The molecule has 0 aliphatic heterocycles. The summed E-state index contributed by atoms with van der Waals surface area (Å²) >= 11 is 0. The molecule has 0 unspecified atom stereocenters. The van der Waals surface area contributed by atoms with E-state index in [1.165, 1.54) is 5.56 Å². The average Bonchev–Trinajstić information content (AvgIpc) is 2.75. The third-order valence-corrected chi connectivity index (χ3v) is 5.07. The Labute approximate surface area is 170 Å². The van der Waals surface area contributed by atoms with Gasteiger partial charge in [0.15, 0.2) is 0 Å². The van der Waals surface area contributed by atoms with Gasteiger partial charge >= 0.3 is 0 Å². The van der Waals surface area contributed by atoms with Crippen LogP contribution in [0.15, 0.2) is 66.9 Å². The highest BCUT2D eigenvalue weighted by molar-refractivity contribution is 5.95. The SMILES string of the molecule is COc1ccc(CN(C)c2cc3ncccc3c(-c3cc(N)ccc3C)n2)cc1. The summed E-state index contributed by atoms with van der Waals surface area (Å²) in [4.78, 5) is 11.7. The lowest BCUT2D eigenvalue weighted by atomic mass is 10.0. The molecular weight excluding hydrogens is 360 g/mol. The quantitative estimate of drug-likeness (QED) is 0.499. The largest absolute Gasteiger partial charge is 0.497 e. The van der Waals surface area contributed by atoms with Crippen molar-refractivity contribution in [2.45, 2.75) is 13.5 Å². The number of aryl methyl sites for hydroxylation is 1. The molecule has 2 N–H and O–H groups in total. The zero-order valence-corrected chi connectivity index (χ0v) is 16.9. The minimum absolute atomic E-state index is 0.724. The van der Waals surface area contributed by atoms with Crippen molar-refractivity contribution in [1.29, 1.82) is 0 Å². The van der Waals surface area contributed by atoms with Crippen LogP contribution in [0.1, 0.15) is 11.1 Å². The maximum atomic E-state index is 6.07. The zero-order chi connectivity index (χ0) is 20.4. The van der Waals surface area contributed by atoms with Crippen LogP contribution in [0, 0.1) is 6.92 Å². The number of nitrogens with zero attached hydrogens (tertiary/aromatic N) is 3. The van der Waals surface area contributed by atoms with E-state index in [0.29, 0.717) is 0 Å². The van der Waals surface area contributed by atoms with Gasteiger partial charge in [0, 0.05) is 42.5 Å². The maximum absolute atomic E-state index is 6.07. The fourth-order valence-electron chi connectivity index (χ4n) is 3.44. The molecule has 0 radical (unpaired) electrons. The number of fused-ring (bicyclic) bond motifs is 1. The maximum Gasteiger partial charge on any atom is 0.131 e. The molecule has 0 spiro atoms.